The van der Waals surface area contributed by atoms with Crippen LogP contribution in [0.25, 0.3) is 11.3 Å². The van der Waals surface area contributed by atoms with Crippen LogP contribution in [-0.4, -0.2) is 11.2 Å². The van der Waals surface area contributed by atoms with Gasteiger partial charge in [0.25, 0.3) is 0 Å². The van der Waals surface area contributed by atoms with E-state index in [4.69, 9.17) is 11.6 Å². The van der Waals surface area contributed by atoms with E-state index >= 15 is 0 Å². The van der Waals surface area contributed by atoms with Crippen LogP contribution in [0.5, 0.6) is 0 Å². The lowest BCUT2D eigenvalue weighted by molar-refractivity contribution is -0.180. The molecule has 0 atom stereocenters. The molecule has 2 aromatic rings. The molecule has 0 fully saturated rings. The molecule has 0 saturated heterocycles. The van der Waals surface area contributed by atoms with E-state index in [1.165, 1.54) is 19.9 Å². The Balaban J connectivity index is 2.66. The summed E-state index contributed by atoms with van der Waals surface area (Å²) in [5.74, 6) is 0. The van der Waals surface area contributed by atoms with Gasteiger partial charge in [-0.05, 0) is 57.4 Å². The van der Waals surface area contributed by atoms with Gasteiger partial charge in [0.15, 0.2) is 0 Å². The van der Waals surface area contributed by atoms with Gasteiger partial charge in [0, 0.05) is 23.0 Å². The fourth-order valence-electron chi connectivity index (χ4n) is 2.75. The SMILES string of the molecule is Cc1cc(C(C)(C)C(F)(F)F)c(C)cc1-c1cc(=O)c(Cl)c(C)[nH]1. The highest BCUT2D eigenvalue weighted by molar-refractivity contribution is 6.31. The summed E-state index contributed by atoms with van der Waals surface area (Å²) in [4.78, 5) is 14.9. The highest BCUT2D eigenvalue weighted by Crippen LogP contribution is 2.43. The lowest BCUT2D eigenvalue weighted by Gasteiger charge is -2.30. The molecular formula is C18H19ClF3NO. The van der Waals surface area contributed by atoms with Crippen molar-refractivity contribution in [3.05, 3.63) is 55.8 Å². The van der Waals surface area contributed by atoms with Gasteiger partial charge in [-0.3, -0.25) is 4.79 Å². The standard InChI is InChI=1S/C18H19ClF3NO/c1-9-7-13(17(4,5)18(20,21)22)10(2)6-12(9)14-8-15(24)16(19)11(3)23-14/h6-8H,1-5H3,(H,23,24). The Bertz CT molecular complexity index is 851. The van der Waals surface area contributed by atoms with Crippen molar-refractivity contribution >= 4 is 11.6 Å². The second-order valence-corrected chi connectivity index (χ2v) is 6.97. The van der Waals surface area contributed by atoms with Crippen molar-refractivity contribution in [2.24, 2.45) is 0 Å². The summed E-state index contributed by atoms with van der Waals surface area (Å²) in [6.45, 7) is 7.39. The molecule has 0 saturated carbocycles. The van der Waals surface area contributed by atoms with Crippen LogP contribution in [0.4, 0.5) is 13.2 Å². The number of aromatic nitrogens is 1. The molecule has 0 bridgehead atoms. The largest absolute Gasteiger partial charge is 0.397 e. The van der Waals surface area contributed by atoms with E-state index in [0.29, 0.717) is 28.1 Å². The van der Waals surface area contributed by atoms with Gasteiger partial charge in [-0.1, -0.05) is 17.7 Å². The Morgan fingerprint density at radius 3 is 2.08 bits per heavy atom. The number of aryl methyl sites for hydroxylation is 3. The average Bonchev–Trinajstić information content (AvgIpc) is 2.44. The van der Waals surface area contributed by atoms with Crippen molar-refractivity contribution in [3.63, 3.8) is 0 Å². The minimum Gasteiger partial charge on any atom is -0.357 e. The number of aromatic amines is 1. The number of alkyl halides is 3. The molecule has 0 unspecified atom stereocenters. The Kier molecular flexibility index (Phi) is 4.61. The van der Waals surface area contributed by atoms with Crippen LogP contribution >= 0.6 is 11.6 Å². The predicted molar refractivity (Wildman–Crippen MR) is 90.8 cm³/mol. The lowest BCUT2D eigenvalue weighted by atomic mass is 9.79. The van der Waals surface area contributed by atoms with E-state index in [-0.39, 0.29) is 16.0 Å². The number of halogens is 4. The highest BCUT2D eigenvalue weighted by Gasteiger charge is 2.49. The first-order chi connectivity index (χ1) is 10.9. The normalized spacial score (nSPS) is 12.5. The fraction of sp³-hybridized carbons (Fsp3) is 0.389. The molecule has 24 heavy (non-hydrogen) atoms. The molecule has 0 aliphatic carbocycles. The van der Waals surface area contributed by atoms with Crippen LogP contribution in [0.1, 0.15) is 36.2 Å². The average molecular weight is 358 g/mol. The summed E-state index contributed by atoms with van der Waals surface area (Å²) >= 11 is 5.87. The van der Waals surface area contributed by atoms with Crippen LogP contribution in [-0.2, 0) is 5.41 Å². The van der Waals surface area contributed by atoms with Gasteiger partial charge in [0.2, 0.25) is 5.43 Å². The van der Waals surface area contributed by atoms with Gasteiger partial charge >= 0.3 is 6.18 Å². The smallest absolute Gasteiger partial charge is 0.357 e. The molecule has 1 aromatic carbocycles. The molecule has 130 valence electrons. The third kappa shape index (κ3) is 3.09. The van der Waals surface area contributed by atoms with Crippen molar-refractivity contribution in [1.82, 2.24) is 4.98 Å². The maximum Gasteiger partial charge on any atom is 0.397 e. The summed E-state index contributed by atoms with van der Waals surface area (Å²) in [7, 11) is 0. The maximum absolute atomic E-state index is 13.3. The zero-order valence-corrected chi connectivity index (χ0v) is 14.9. The number of pyridine rings is 1. The third-order valence-corrected chi connectivity index (χ3v) is 4.86. The van der Waals surface area contributed by atoms with Gasteiger partial charge < -0.3 is 4.98 Å². The zero-order valence-electron chi connectivity index (χ0n) is 14.2. The first-order valence-corrected chi connectivity index (χ1v) is 7.82. The summed E-state index contributed by atoms with van der Waals surface area (Å²) in [6, 6.07) is 4.59. The van der Waals surface area contributed by atoms with E-state index in [2.05, 4.69) is 4.98 Å². The van der Waals surface area contributed by atoms with Crippen LogP contribution < -0.4 is 5.43 Å². The van der Waals surface area contributed by atoms with Gasteiger partial charge in [0.1, 0.15) is 5.02 Å². The Labute approximate surface area is 143 Å². The monoisotopic (exact) mass is 357 g/mol. The molecule has 1 N–H and O–H groups in total. The van der Waals surface area contributed by atoms with Crippen molar-refractivity contribution in [3.8, 4) is 11.3 Å². The molecule has 2 rings (SSSR count). The van der Waals surface area contributed by atoms with Gasteiger partial charge in [-0.25, -0.2) is 0 Å². The lowest BCUT2D eigenvalue weighted by Crippen LogP contribution is -2.37. The minimum atomic E-state index is -4.35. The number of benzene rings is 1. The topological polar surface area (TPSA) is 32.9 Å². The van der Waals surface area contributed by atoms with E-state index < -0.39 is 11.6 Å². The van der Waals surface area contributed by atoms with Gasteiger partial charge in [-0.15, -0.1) is 0 Å². The third-order valence-electron chi connectivity index (χ3n) is 4.39. The van der Waals surface area contributed by atoms with Crippen molar-refractivity contribution in [1.29, 1.82) is 0 Å². The number of hydrogen-bond acceptors (Lipinski definition) is 1. The fourth-order valence-corrected chi connectivity index (χ4v) is 2.85. The Morgan fingerprint density at radius 2 is 1.58 bits per heavy atom. The van der Waals surface area contributed by atoms with Crippen LogP contribution in [0.3, 0.4) is 0 Å². The first-order valence-electron chi connectivity index (χ1n) is 7.44. The maximum atomic E-state index is 13.3. The van der Waals surface area contributed by atoms with Crippen molar-refractivity contribution in [2.75, 3.05) is 0 Å². The summed E-state index contributed by atoms with van der Waals surface area (Å²) in [5, 5.41) is 0.114. The molecule has 6 heteroatoms. The summed E-state index contributed by atoms with van der Waals surface area (Å²) in [5.41, 5.74) is 0.880. The summed E-state index contributed by atoms with van der Waals surface area (Å²) in [6.07, 6.45) is -4.35. The molecule has 0 amide bonds. The molecular weight excluding hydrogens is 339 g/mol. The molecule has 0 aliphatic heterocycles. The number of nitrogens with one attached hydrogen (secondary N) is 1. The van der Waals surface area contributed by atoms with Crippen molar-refractivity contribution < 1.29 is 13.2 Å². The second kappa shape index (κ2) is 5.96. The van der Waals surface area contributed by atoms with E-state index in [0.717, 1.165) is 0 Å². The van der Waals surface area contributed by atoms with Crippen LogP contribution in [0, 0.1) is 20.8 Å². The number of H-pyrrole nitrogens is 1. The molecule has 1 heterocycles. The molecule has 2 nitrogen and oxygen atoms in total. The highest BCUT2D eigenvalue weighted by atomic mass is 35.5. The quantitative estimate of drug-likeness (QED) is 0.760. The zero-order chi connectivity index (χ0) is 18.4. The first kappa shape index (κ1) is 18.6. The van der Waals surface area contributed by atoms with Crippen LogP contribution in [0.2, 0.25) is 5.02 Å². The molecule has 0 aliphatic rings. The predicted octanol–water partition coefficient (Wildman–Crippen LogP) is 5.46. The second-order valence-electron chi connectivity index (χ2n) is 6.59. The molecule has 0 spiro atoms. The van der Waals surface area contributed by atoms with E-state index in [1.54, 1.807) is 32.9 Å². The number of rotatable bonds is 2. The Morgan fingerprint density at radius 1 is 1.00 bits per heavy atom. The summed E-state index contributed by atoms with van der Waals surface area (Å²) < 4.78 is 40.0. The van der Waals surface area contributed by atoms with E-state index in [1.807, 2.05) is 0 Å². The number of hydrogen-bond donors (Lipinski definition) is 1. The van der Waals surface area contributed by atoms with Gasteiger partial charge in [-0.2, -0.15) is 13.2 Å². The Hall–Kier alpha value is -1.75. The van der Waals surface area contributed by atoms with E-state index in [9.17, 15) is 18.0 Å². The van der Waals surface area contributed by atoms with Gasteiger partial charge in [0.05, 0.1) is 5.41 Å². The molecule has 0 radical (unpaired) electrons. The van der Waals surface area contributed by atoms with Crippen LogP contribution in [0.15, 0.2) is 23.0 Å². The molecule has 1 aromatic heterocycles. The minimum absolute atomic E-state index is 0.114. The van der Waals surface area contributed by atoms with Crippen molar-refractivity contribution in [2.45, 2.75) is 46.2 Å².